The summed E-state index contributed by atoms with van der Waals surface area (Å²) in [6, 6.07) is 12.2. The van der Waals surface area contributed by atoms with Crippen LogP contribution in [-0.2, 0) is 0 Å². The lowest BCUT2D eigenvalue weighted by molar-refractivity contribution is 0.896. The summed E-state index contributed by atoms with van der Waals surface area (Å²) in [5.74, 6) is 0. The highest BCUT2D eigenvalue weighted by Gasteiger charge is 1.99. The molecule has 4 aromatic rings. The van der Waals surface area contributed by atoms with E-state index < -0.39 is 0 Å². The molecule has 2 aromatic heterocycles. The van der Waals surface area contributed by atoms with E-state index in [-0.39, 0.29) is 0 Å². The molecule has 19 heavy (non-hydrogen) atoms. The van der Waals surface area contributed by atoms with Gasteiger partial charge in [-0.3, -0.25) is 5.10 Å². The number of fused-ring (bicyclic) bond motifs is 3. The van der Waals surface area contributed by atoms with Gasteiger partial charge in [0.05, 0.1) is 17.9 Å². The van der Waals surface area contributed by atoms with E-state index in [1.165, 1.54) is 10.8 Å². The maximum Gasteiger partial charge on any atom is 0.0969 e. The van der Waals surface area contributed by atoms with Gasteiger partial charge in [-0.15, -0.1) is 15.3 Å². The monoisotopic (exact) mass is 250 g/mol. The number of hydrogen-bond donors (Lipinski definition) is 1. The quantitative estimate of drug-likeness (QED) is 0.483. The van der Waals surface area contributed by atoms with Gasteiger partial charge in [-0.25, -0.2) is 0 Å². The van der Waals surface area contributed by atoms with Crippen molar-refractivity contribution in [2.45, 2.75) is 0 Å². The number of benzene rings is 2. The maximum atomic E-state index is 3.97. The molecule has 0 aliphatic heterocycles. The van der Waals surface area contributed by atoms with Crippen LogP contribution in [0.1, 0.15) is 0 Å². The van der Waals surface area contributed by atoms with E-state index in [0.29, 0.717) is 0 Å². The van der Waals surface area contributed by atoms with Crippen molar-refractivity contribution in [1.29, 1.82) is 0 Å². The minimum atomic E-state index is 0.888. The summed E-state index contributed by atoms with van der Waals surface area (Å²) in [4.78, 5) is 0. The zero-order valence-electron chi connectivity index (χ0n) is 9.93. The lowest BCUT2D eigenvalue weighted by Crippen LogP contribution is -1.87. The molecule has 0 aliphatic carbocycles. The van der Waals surface area contributed by atoms with Crippen LogP contribution in [0.5, 0.6) is 0 Å². The van der Waals surface area contributed by atoms with Crippen LogP contribution in [0.3, 0.4) is 0 Å². The minimum absolute atomic E-state index is 0.888. The summed E-state index contributed by atoms with van der Waals surface area (Å²) in [7, 11) is 0. The van der Waals surface area contributed by atoms with Crippen LogP contribution >= 0.6 is 0 Å². The van der Waals surface area contributed by atoms with E-state index in [0.717, 1.165) is 10.9 Å². The van der Waals surface area contributed by atoms with Gasteiger partial charge in [-0.05, 0) is 22.1 Å². The van der Waals surface area contributed by atoms with Gasteiger partial charge >= 0.3 is 0 Å². The molecule has 0 unspecified atom stereocenters. The van der Waals surface area contributed by atoms with E-state index in [1.54, 1.807) is 18.6 Å². The second kappa shape index (κ2) is 5.18. The fourth-order valence-electron chi connectivity index (χ4n) is 1.83. The maximum absolute atomic E-state index is 3.97. The smallest absolute Gasteiger partial charge is 0.0969 e. The standard InChI is InChI=1S/C11H7N3.C2H3N3/c1-2-4-9-8(3-1)5-6-11-10(9)7-12-14-13-11;1-2-4-5-3-1/h1-7H;1-2H,(H,3,4,5). The molecule has 0 fully saturated rings. The van der Waals surface area contributed by atoms with Crippen molar-refractivity contribution >= 4 is 21.7 Å². The molecule has 0 radical (unpaired) electrons. The van der Waals surface area contributed by atoms with Crippen molar-refractivity contribution in [2.24, 2.45) is 0 Å². The van der Waals surface area contributed by atoms with E-state index in [4.69, 9.17) is 0 Å². The minimum Gasteiger partial charge on any atom is -0.266 e. The largest absolute Gasteiger partial charge is 0.266 e. The van der Waals surface area contributed by atoms with Crippen LogP contribution in [0.15, 0.2) is 55.0 Å². The molecule has 6 heteroatoms. The Hall–Kier alpha value is -2.89. The molecule has 92 valence electrons. The normalized spacial score (nSPS) is 10.1. The topological polar surface area (TPSA) is 80.2 Å². The van der Waals surface area contributed by atoms with E-state index in [9.17, 15) is 0 Å². The van der Waals surface area contributed by atoms with Gasteiger partial charge in [-0.1, -0.05) is 35.5 Å². The third kappa shape index (κ3) is 2.37. The average Bonchev–Trinajstić information content (AvgIpc) is 3.07. The molecule has 0 amide bonds. The summed E-state index contributed by atoms with van der Waals surface area (Å²) in [6.45, 7) is 0. The Labute approximate surface area is 108 Å². The van der Waals surface area contributed by atoms with Crippen molar-refractivity contribution < 1.29 is 0 Å². The fraction of sp³-hybridized carbons (Fsp3) is 0. The Morgan fingerprint density at radius 3 is 2.63 bits per heavy atom. The molecule has 0 saturated heterocycles. The summed E-state index contributed by atoms with van der Waals surface area (Å²) in [6.07, 6.45) is 4.99. The molecular formula is C13H10N6. The molecule has 0 aliphatic rings. The molecule has 4 rings (SSSR count). The molecule has 0 spiro atoms. The van der Waals surface area contributed by atoms with Crippen LogP contribution in [0.4, 0.5) is 0 Å². The highest BCUT2D eigenvalue weighted by molar-refractivity contribution is 6.05. The first-order valence-corrected chi connectivity index (χ1v) is 5.71. The van der Waals surface area contributed by atoms with Gasteiger partial charge < -0.3 is 0 Å². The molecule has 2 heterocycles. The van der Waals surface area contributed by atoms with Gasteiger partial charge in [0, 0.05) is 11.6 Å². The van der Waals surface area contributed by atoms with Crippen molar-refractivity contribution in [3.8, 4) is 0 Å². The van der Waals surface area contributed by atoms with Gasteiger partial charge in [0.15, 0.2) is 0 Å². The van der Waals surface area contributed by atoms with Crippen molar-refractivity contribution in [2.75, 3.05) is 0 Å². The zero-order valence-corrected chi connectivity index (χ0v) is 9.93. The molecular weight excluding hydrogens is 240 g/mol. The Kier molecular flexibility index (Phi) is 3.05. The Morgan fingerprint density at radius 2 is 1.84 bits per heavy atom. The highest BCUT2D eigenvalue weighted by Crippen LogP contribution is 2.21. The first-order valence-electron chi connectivity index (χ1n) is 5.71. The lowest BCUT2D eigenvalue weighted by atomic mass is 10.1. The van der Waals surface area contributed by atoms with Crippen LogP contribution in [0.2, 0.25) is 0 Å². The second-order valence-corrected chi connectivity index (χ2v) is 3.81. The zero-order chi connectivity index (χ0) is 12.9. The fourth-order valence-corrected chi connectivity index (χ4v) is 1.83. The van der Waals surface area contributed by atoms with Crippen LogP contribution in [-0.4, -0.2) is 30.8 Å². The van der Waals surface area contributed by atoms with Crippen molar-refractivity contribution in [3.63, 3.8) is 0 Å². The van der Waals surface area contributed by atoms with Gasteiger partial charge in [0.2, 0.25) is 0 Å². The Bertz CT molecular complexity index is 709. The average molecular weight is 250 g/mol. The predicted octanol–water partition coefficient (Wildman–Crippen LogP) is 1.98. The third-order valence-electron chi connectivity index (χ3n) is 2.67. The van der Waals surface area contributed by atoms with E-state index >= 15 is 0 Å². The number of nitrogens with zero attached hydrogens (tertiary/aromatic N) is 5. The number of hydrogen-bond acceptors (Lipinski definition) is 5. The summed E-state index contributed by atoms with van der Waals surface area (Å²) < 4.78 is 0. The summed E-state index contributed by atoms with van der Waals surface area (Å²) in [5, 5.41) is 24.1. The number of rotatable bonds is 0. The first-order chi connectivity index (χ1) is 9.45. The Morgan fingerprint density at radius 1 is 0.895 bits per heavy atom. The number of H-pyrrole nitrogens is 1. The number of aromatic nitrogens is 6. The SMILES string of the molecule is c1c[nH]nn1.c1ccc2c(c1)ccc1nnncc12. The van der Waals surface area contributed by atoms with E-state index in [1.807, 2.05) is 24.3 Å². The van der Waals surface area contributed by atoms with Gasteiger partial charge in [0.25, 0.3) is 0 Å². The van der Waals surface area contributed by atoms with Gasteiger partial charge in [0.1, 0.15) is 0 Å². The first kappa shape index (κ1) is 11.2. The molecule has 0 bridgehead atoms. The molecule has 0 atom stereocenters. The number of nitrogens with one attached hydrogen (secondary N) is 1. The van der Waals surface area contributed by atoms with Crippen LogP contribution in [0.25, 0.3) is 21.7 Å². The highest BCUT2D eigenvalue weighted by atomic mass is 15.3. The molecule has 1 N–H and O–H groups in total. The van der Waals surface area contributed by atoms with E-state index in [2.05, 4.69) is 43.0 Å². The lowest BCUT2D eigenvalue weighted by Gasteiger charge is -2.00. The van der Waals surface area contributed by atoms with Crippen molar-refractivity contribution in [1.82, 2.24) is 30.8 Å². The second-order valence-electron chi connectivity index (χ2n) is 3.81. The Balaban J connectivity index is 0.000000187. The van der Waals surface area contributed by atoms with Crippen molar-refractivity contribution in [3.05, 3.63) is 55.0 Å². The number of aromatic amines is 1. The van der Waals surface area contributed by atoms with Crippen LogP contribution < -0.4 is 0 Å². The summed E-state index contributed by atoms with van der Waals surface area (Å²) >= 11 is 0. The molecule has 6 nitrogen and oxygen atoms in total. The summed E-state index contributed by atoms with van der Waals surface area (Å²) in [5.41, 5.74) is 0.888. The predicted molar refractivity (Wildman–Crippen MR) is 71.2 cm³/mol. The third-order valence-corrected chi connectivity index (χ3v) is 2.67. The van der Waals surface area contributed by atoms with Gasteiger partial charge in [-0.2, -0.15) is 0 Å². The van der Waals surface area contributed by atoms with Crippen LogP contribution in [0, 0.1) is 0 Å². The molecule has 2 aromatic carbocycles. The molecule has 0 saturated carbocycles.